The van der Waals surface area contributed by atoms with Gasteiger partial charge in [-0.2, -0.15) is 0 Å². The first-order chi connectivity index (χ1) is 11.6. The molecule has 1 aromatic rings. The molecule has 0 bridgehead atoms. The van der Waals surface area contributed by atoms with Crippen molar-refractivity contribution in [1.82, 2.24) is 9.80 Å². The minimum Gasteiger partial charge on any atom is -0.379 e. The van der Waals surface area contributed by atoms with E-state index in [1.54, 1.807) is 11.3 Å². The Morgan fingerprint density at radius 1 is 1.29 bits per heavy atom. The molecule has 0 saturated carbocycles. The number of likely N-dealkylation sites (tertiary alicyclic amines) is 1. The summed E-state index contributed by atoms with van der Waals surface area (Å²) in [5.41, 5.74) is 2.19. The van der Waals surface area contributed by atoms with Crippen LogP contribution in [0.3, 0.4) is 0 Å². The number of hydrogen-bond donors (Lipinski definition) is 0. The van der Waals surface area contributed by atoms with Crippen molar-refractivity contribution in [2.24, 2.45) is 5.92 Å². The lowest BCUT2D eigenvalue weighted by Gasteiger charge is -2.41. The average molecular weight is 351 g/mol. The first-order valence-corrected chi connectivity index (χ1v) is 10.2. The highest BCUT2D eigenvalue weighted by Crippen LogP contribution is 2.28. The van der Waals surface area contributed by atoms with Crippen LogP contribution in [0.4, 0.5) is 0 Å². The predicted molar refractivity (Wildman–Crippen MR) is 98.9 cm³/mol. The summed E-state index contributed by atoms with van der Waals surface area (Å²) in [6, 6.07) is 0.598. The standard InChI is InChI=1S/C19H30N2O2S/c1-4-17-15(3)24-13-18(17)19(22)21-7-5-16(6-8-21)14(2)20-9-11-23-12-10-20/h13-14,16H,4-12H2,1-3H3/t14-/m0/s1. The molecule has 1 atom stereocenters. The number of aryl methyl sites for hydroxylation is 1. The normalized spacial score (nSPS) is 21.9. The topological polar surface area (TPSA) is 32.8 Å². The van der Waals surface area contributed by atoms with E-state index in [1.807, 2.05) is 0 Å². The number of thiophene rings is 1. The van der Waals surface area contributed by atoms with Crippen LogP contribution >= 0.6 is 11.3 Å². The molecule has 4 nitrogen and oxygen atoms in total. The van der Waals surface area contributed by atoms with Crippen LogP contribution in [-0.2, 0) is 11.2 Å². The van der Waals surface area contributed by atoms with Crippen LogP contribution in [0.15, 0.2) is 5.38 Å². The summed E-state index contributed by atoms with van der Waals surface area (Å²) in [6.45, 7) is 12.2. The van der Waals surface area contributed by atoms with Crippen molar-refractivity contribution in [2.75, 3.05) is 39.4 Å². The lowest BCUT2D eigenvalue weighted by Crippen LogP contribution is -2.49. The predicted octanol–water partition coefficient (Wildman–Crippen LogP) is 3.19. The molecule has 1 aromatic heterocycles. The van der Waals surface area contributed by atoms with Crippen LogP contribution in [0.5, 0.6) is 0 Å². The maximum Gasteiger partial charge on any atom is 0.254 e. The van der Waals surface area contributed by atoms with Crippen LogP contribution in [0, 0.1) is 12.8 Å². The second-order valence-electron chi connectivity index (χ2n) is 7.06. The van der Waals surface area contributed by atoms with E-state index in [-0.39, 0.29) is 5.91 Å². The largest absolute Gasteiger partial charge is 0.379 e. The first-order valence-electron chi connectivity index (χ1n) is 9.29. The zero-order valence-corrected chi connectivity index (χ0v) is 16.0. The molecule has 0 unspecified atom stereocenters. The summed E-state index contributed by atoms with van der Waals surface area (Å²) in [5, 5.41) is 2.05. The Balaban J connectivity index is 1.57. The molecule has 24 heavy (non-hydrogen) atoms. The minimum atomic E-state index is 0.244. The zero-order valence-electron chi connectivity index (χ0n) is 15.2. The summed E-state index contributed by atoms with van der Waals surface area (Å²) in [7, 11) is 0. The van der Waals surface area contributed by atoms with E-state index in [9.17, 15) is 4.79 Å². The van der Waals surface area contributed by atoms with Gasteiger partial charge >= 0.3 is 0 Å². The van der Waals surface area contributed by atoms with Crippen molar-refractivity contribution >= 4 is 17.2 Å². The van der Waals surface area contributed by atoms with Crippen LogP contribution in [0.2, 0.25) is 0 Å². The summed E-state index contributed by atoms with van der Waals surface area (Å²) in [5.74, 6) is 0.940. The Morgan fingerprint density at radius 2 is 1.96 bits per heavy atom. The van der Waals surface area contributed by atoms with Gasteiger partial charge in [-0.3, -0.25) is 9.69 Å². The third-order valence-electron chi connectivity index (χ3n) is 5.82. The lowest BCUT2D eigenvalue weighted by atomic mass is 9.89. The van der Waals surface area contributed by atoms with Crippen LogP contribution < -0.4 is 0 Å². The highest BCUT2D eigenvalue weighted by molar-refractivity contribution is 7.10. The van der Waals surface area contributed by atoms with Crippen LogP contribution in [0.1, 0.15) is 47.5 Å². The van der Waals surface area contributed by atoms with Gasteiger partial charge in [-0.1, -0.05) is 6.92 Å². The second kappa shape index (κ2) is 7.98. The Morgan fingerprint density at radius 3 is 2.58 bits per heavy atom. The van der Waals surface area contributed by atoms with Crippen molar-refractivity contribution in [3.05, 3.63) is 21.4 Å². The fraction of sp³-hybridized carbons (Fsp3) is 0.737. The number of nitrogens with zero attached hydrogens (tertiary/aromatic N) is 2. The maximum absolute atomic E-state index is 12.9. The smallest absolute Gasteiger partial charge is 0.254 e. The molecule has 134 valence electrons. The molecule has 3 rings (SSSR count). The quantitative estimate of drug-likeness (QED) is 0.836. The summed E-state index contributed by atoms with van der Waals surface area (Å²) in [4.78, 5) is 18.8. The van der Waals surface area contributed by atoms with E-state index in [4.69, 9.17) is 4.74 Å². The summed E-state index contributed by atoms with van der Waals surface area (Å²) in [6.07, 6.45) is 3.19. The number of morpholine rings is 1. The average Bonchev–Trinajstić information content (AvgIpc) is 3.02. The highest BCUT2D eigenvalue weighted by Gasteiger charge is 2.31. The molecule has 0 aromatic carbocycles. The van der Waals surface area contributed by atoms with E-state index in [0.29, 0.717) is 12.0 Å². The highest BCUT2D eigenvalue weighted by atomic mass is 32.1. The van der Waals surface area contributed by atoms with E-state index in [1.165, 1.54) is 10.4 Å². The number of hydrogen-bond acceptors (Lipinski definition) is 4. The number of carbonyl (C=O) groups excluding carboxylic acids is 1. The number of piperidine rings is 1. The number of ether oxygens (including phenoxy) is 1. The second-order valence-corrected chi connectivity index (χ2v) is 8.14. The minimum absolute atomic E-state index is 0.244. The van der Waals surface area contributed by atoms with E-state index in [0.717, 1.165) is 64.2 Å². The van der Waals surface area contributed by atoms with Gasteiger partial charge < -0.3 is 9.64 Å². The van der Waals surface area contributed by atoms with Crippen LogP contribution in [-0.4, -0.2) is 61.1 Å². The van der Waals surface area contributed by atoms with Gasteiger partial charge in [0.1, 0.15) is 0 Å². The number of rotatable bonds is 4. The molecule has 0 N–H and O–H groups in total. The lowest BCUT2D eigenvalue weighted by molar-refractivity contribution is -0.000953. The van der Waals surface area contributed by atoms with Crippen LogP contribution in [0.25, 0.3) is 0 Å². The van der Waals surface area contributed by atoms with Gasteiger partial charge in [-0.15, -0.1) is 11.3 Å². The number of carbonyl (C=O) groups is 1. The van der Waals surface area contributed by atoms with Crippen molar-refractivity contribution in [1.29, 1.82) is 0 Å². The Labute approximate surface area is 149 Å². The third kappa shape index (κ3) is 3.68. The molecule has 3 heterocycles. The summed E-state index contributed by atoms with van der Waals surface area (Å²) >= 11 is 1.71. The molecule has 5 heteroatoms. The Kier molecular flexibility index (Phi) is 5.95. The molecule has 0 spiro atoms. The van der Waals surface area contributed by atoms with Crippen molar-refractivity contribution in [3.8, 4) is 0 Å². The van der Waals surface area contributed by atoms with Gasteiger partial charge in [0.25, 0.3) is 5.91 Å². The number of amides is 1. The van der Waals surface area contributed by atoms with Gasteiger partial charge in [-0.05, 0) is 44.6 Å². The van der Waals surface area contributed by atoms with E-state index in [2.05, 4.69) is 36.0 Å². The first kappa shape index (κ1) is 17.9. The summed E-state index contributed by atoms with van der Waals surface area (Å²) < 4.78 is 5.46. The fourth-order valence-electron chi connectivity index (χ4n) is 4.14. The van der Waals surface area contributed by atoms with Crippen molar-refractivity contribution < 1.29 is 9.53 Å². The van der Waals surface area contributed by atoms with E-state index < -0.39 is 0 Å². The molecule has 0 aliphatic carbocycles. The van der Waals surface area contributed by atoms with Gasteiger partial charge in [-0.25, -0.2) is 0 Å². The van der Waals surface area contributed by atoms with Gasteiger partial charge in [0, 0.05) is 42.5 Å². The van der Waals surface area contributed by atoms with Gasteiger partial charge in [0.2, 0.25) is 0 Å². The van der Waals surface area contributed by atoms with Crippen molar-refractivity contribution in [2.45, 2.75) is 46.1 Å². The molecule has 2 aliphatic rings. The third-order valence-corrected chi connectivity index (χ3v) is 6.77. The molecule has 1 amide bonds. The van der Waals surface area contributed by atoms with E-state index >= 15 is 0 Å². The Bertz CT molecular complexity index is 558. The Hall–Kier alpha value is -0.910. The fourth-order valence-corrected chi connectivity index (χ4v) is 5.07. The SMILES string of the molecule is CCc1c(C(=O)N2CCC([C@H](C)N3CCOCC3)CC2)csc1C. The van der Waals surface area contributed by atoms with Gasteiger partial charge in [0.05, 0.1) is 18.8 Å². The molecular formula is C19H30N2O2S. The molecular weight excluding hydrogens is 320 g/mol. The maximum atomic E-state index is 12.9. The zero-order chi connectivity index (χ0) is 17.1. The molecule has 2 saturated heterocycles. The monoisotopic (exact) mass is 350 g/mol. The van der Waals surface area contributed by atoms with Crippen molar-refractivity contribution in [3.63, 3.8) is 0 Å². The molecule has 2 aliphatic heterocycles. The molecule has 2 fully saturated rings. The van der Waals surface area contributed by atoms with Gasteiger partial charge in [0.15, 0.2) is 0 Å². The molecule has 0 radical (unpaired) electrons.